The normalized spacial score (nSPS) is 10.9. The smallest absolute Gasteiger partial charge is 0.331 e. The Kier molecular flexibility index (Phi) is 6.34. The van der Waals surface area contributed by atoms with Crippen LogP contribution in [0.5, 0.6) is 0 Å². The Morgan fingerprint density at radius 2 is 1.59 bits per heavy atom. The summed E-state index contributed by atoms with van der Waals surface area (Å²) in [5.74, 6) is -1.06. The zero-order chi connectivity index (χ0) is 21.9. The first-order valence-corrected chi connectivity index (χ1v) is 8.10. The third-order valence-corrected chi connectivity index (χ3v) is 3.89. The van der Waals surface area contributed by atoms with Crippen molar-refractivity contribution in [3.63, 3.8) is 0 Å². The average Bonchev–Trinajstić information content (AvgIpc) is 2.61. The summed E-state index contributed by atoms with van der Waals surface area (Å²) in [5.41, 5.74) is -3.14. The molecule has 2 aromatic rings. The highest BCUT2D eigenvalue weighted by molar-refractivity contribution is 7.80. The van der Waals surface area contributed by atoms with Crippen LogP contribution in [-0.4, -0.2) is 20.9 Å². The number of hydrogen-bond acceptors (Lipinski definition) is 6. The summed E-state index contributed by atoms with van der Waals surface area (Å²) in [7, 11) is 0. The van der Waals surface area contributed by atoms with Gasteiger partial charge in [0, 0.05) is 12.1 Å². The number of carbonyl (C=O) groups excluding carboxylic acids is 1. The van der Waals surface area contributed by atoms with E-state index in [0.29, 0.717) is 12.1 Å². The number of hydrogen-bond donors (Lipinski definition) is 2. The molecule has 0 radical (unpaired) electrons. The highest BCUT2D eigenvalue weighted by Gasteiger charge is 2.31. The Bertz CT molecular complexity index is 999. The number of rotatable bonds is 4. The van der Waals surface area contributed by atoms with Crippen LogP contribution in [0, 0.1) is 20.2 Å². The summed E-state index contributed by atoms with van der Waals surface area (Å²) in [6.45, 7) is 0. The maximum absolute atomic E-state index is 12.8. The zero-order valence-corrected chi connectivity index (χ0v) is 15.4. The third-order valence-electron chi connectivity index (χ3n) is 3.36. The van der Waals surface area contributed by atoms with Gasteiger partial charge in [-0.3, -0.25) is 30.3 Å². The van der Waals surface area contributed by atoms with Crippen molar-refractivity contribution in [3.8, 4) is 0 Å². The van der Waals surface area contributed by atoms with Crippen molar-refractivity contribution < 1.29 is 27.8 Å². The van der Waals surface area contributed by atoms with E-state index in [-0.39, 0.29) is 10.7 Å². The molecule has 2 N–H and O–H groups in total. The van der Waals surface area contributed by atoms with Crippen molar-refractivity contribution in [2.24, 2.45) is 0 Å². The van der Waals surface area contributed by atoms with Crippen LogP contribution in [0.3, 0.4) is 0 Å². The minimum atomic E-state index is -4.65. The molecule has 0 fully saturated rings. The molecule has 0 aliphatic heterocycles. The first-order chi connectivity index (χ1) is 13.4. The predicted octanol–water partition coefficient (Wildman–Crippen LogP) is 4.30. The molecular weight excluding hydrogens is 441 g/mol. The molecule has 0 aromatic heterocycles. The molecule has 0 bridgehead atoms. The van der Waals surface area contributed by atoms with E-state index in [4.69, 9.17) is 23.8 Å². The molecule has 0 atom stereocenters. The molecule has 2 aromatic carbocycles. The first-order valence-electron chi connectivity index (χ1n) is 7.31. The number of thiocarbonyl (C=S) groups is 1. The summed E-state index contributed by atoms with van der Waals surface area (Å²) in [5, 5.41) is 25.5. The summed E-state index contributed by atoms with van der Waals surface area (Å²) < 4.78 is 38.4. The van der Waals surface area contributed by atoms with Gasteiger partial charge in [-0.25, -0.2) is 0 Å². The Hall–Kier alpha value is -3.32. The number of nitro groups is 2. The van der Waals surface area contributed by atoms with Gasteiger partial charge in [0.05, 0.1) is 37.7 Å². The molecule has 0 saturated heterocycles. The van der Waals surface area contributed by atoms with Gasteiger partial charge >= 0.3 is 6.18 Å². The number of carbonyl (C=O) groups is 1. The number of nitrogens with one attached hydrogen (secondary N) is 2. The second-order valence-electron chi connectivity index (χ2n) is 5.35. The average molecular weight is 449 g/mol. The molecule has 0 saturated carbocycles. The maximum atomic E-state index is 12.8. The molecule has 29 heavy (non-hydrogen) atoms. The molecule has 0 heterocycles. The van der Waals surface area contributed by atoms with Crippen molar-refractivity contribution in [1.82, 2.24) is 5.32 Å². The maximum Gasteiger partial charge on any atom is 0.416 e. The van der Waals surface area contributed by atoms with Gasteiger partial charge in [-0.2, -0.15) is 13.2 Å². The van der Waals surface area contributed by atoms with Gasteiger partial charge < -0.3 is 5.32 Å². The van der Waals surface area contributed by atoms with Gasteiger partial charge in [-0.05, 0) is 30.4 Å². The molecular formula is C15H8ClF3N4O5S. The van der Waals surface area contributed by atoms with Crippen LogP contribution in [0.4, 0.5) is 30.2 Å². The summed E-state index contributed by atoms with van der Waals surface area (Å²) in [6.07, 6.45) is -4.65. The zero-order valence-electron chi connectivity index (χ0n) is 13.8. The van der Waals surface area contributed by atoms with E-state index in [9.17, 15) is 38.2 Å². The fourth-order valence-corrected chi connectivity index (χ4v) is 2.43. The van der Waals surface area contributed by atoms with E-state index >= 15 is 0 Å². The second-order valence-corrected chi connectivity index (χ2v) is 6.17. The molecule has 152 valence electrons. The minimum Gasteiger partial charge on any atom is -0.331 e. The highest BCUT2D eigenvalue weighted by atomic mass is 35.5. The molecule has 0 aliphatic rings. The summed E-state index contributed by atoms with van der Waals surface area (Å²) in [4.78, 5) is 32.1. The number of nitrogens with zero attached hydrogens (tertiary/aromatic N) is 2. The van der Waals surface area contributed by atoms with Crippen molar-refractivity contribution in [3.05, 3.63) is 72.8 Å². The van der Waals surface area contributed by atoms with Crippen molar-refractivity contribution in [2.45, 2.75) is 6.18 Å². The lowest BCUT2D eigenvalue weighted by atomic mass is 10.1. The van der Waals surface area contributed by atoms with E-state index in [1.807, 2.05) is 0 Å². The monoisotopic (exact) mass is 448 g/mol. The number of halogens is 4. The van der Waals surface area contributed by atoms with Gasteiger partial charge in [0.1, 0.15) is 0 Å². The van der Waals surface area contributed by atoms with E-state index in [2.05, 4.69) is 10.6 Å². The Labute approximate surface area is 169 Å². The van der Waals surface area contributed by atoms with Gasteiger partial charge in [0.2, 0.25) is 0 Å². The summed E-state index contributed by atoms with van der Waals surface area (Å²) in [6, 6.07) is 4.61. The summed E-state index contributed by atoms with van der Waals surface area (Å²) >= 11 is 10.6. The SMILES string of the molecule is O=C(NC(=S)Nc1cc(C(F)(F)F)ccc1Cl)c1cc([N+](=O)[O-])cc([N+](=O)[O-])c1. The fraction of sp³-hybridized carbons (Fsp3) is 0.0667. The Balaban J connectivity index is 2.23. The molecule has 9 nitrogen and oxygen atoms in total. The van der Waals surface area contributed by atoms with Gasteiger partial charge in [-0.15, -0.1) is 0 Å². The second kappa shape index (κ2) is 8.36. The van der Waals surface area contributed by atoms with Crippen LogP contribution in [0.15, 0.2) is 36.4 Å². The van der Waals surface area contributed by atoms with E-state index in [1.54, 1.807) is 0 Å². The number of nitro benzene ring substituents is 2. The van der Waals surface area contributed by atoms with Crippen LogP contribution in [0.1, 0.15) is 15.9 Å². The fourth-order valence-electron chi connectivity index (χ4n) is 2.06. The molecule has 0 aliphatic carbocycles. The lowest BCUT2D eigenvalue weighted by Crippen LogP contribution is -2.34. The highest BCUT2D eigenvalue weighted by Crippen LogP contribution is 2.33. The van der Waals surface area contributed by atoms with Crippen LogP contribution in [-0.2, 0) is 6.18 Å². The number of non-ortho nitro benzene ring substituents is 2. The number of anilines is 1. The molecule has 2 rings (SSSR count). The largest absolute Gasteiger partial charge is 0.416 e. The van der Waals surface area contributed by atoms with Crippen molar-refractivity contribution in [1.29, 1.82) is 0 Å². The Morgan fingerprint density at radius 1 is 1.03 bits per heavy atom. The molecule has 0 spiro atoms. The lowest BCUT2D eigenvalue weighted by molar-refractivity contribution is -0.394. The van der Waals surface area contributed by atoms with Crippen LogP contribution in [0.2, 0.25) is 5.02 Å². The van der Waals surface area contributed by atoms with Crippen molar-refractivity contribution in [2.75, 3.05) is 5.32 Å². The van der Waals surface area contributed by atoms with Gasteiger partial charge in [0.15, 0.2) is 5.11 Å². The number of alkyl halides is 3. The van der Waals surface area contributed by atoms with Crippen LogP contribution in [0.25, 0.3) is 0 Å². The van der Waals surface area contributed by atoms with E-state index < -0.39 is 49.5 Å². The van der Waals surface area contributed by atoms with Crippen LogP contribution < -0.4 is 10.6 Å². The number of benzene rings is 2. The third kappa shape index (κ3) is 5.58. The van der Waals surface area contributed by atoms with Gasteiger partial charge in [0.25, 0.3) is 17.3 Å². The van der Waals surface area contributed by atoms with E-state index in [0.717, 1.165) is 24.3 Å². The van der Waals surface area contributed by atoms with E-state index in [1.165, 1.54) is 0 Å². The topological polar surface area (TPSA) is 127 Å². The van der Waals surface area contributed by atoms with Crippen molar-refractivity contribution >= 4 is 51.9 Å². The first kappa shape index (κ1) is 22.0. The van der Waals surface area contributed by atoms with Crippen LogP contribution >= 0.6 is 23.8 Å². The molecule has 0 unspecified atom stereocenters. The minimum absolute atomic E-state index is 0.124. The predicted molar refractivity (Wildman–Crippen MR) is 99.9 cm³/mol. The molecule has 1 amide bonds. The standard InChI is InChI=1S/C15H8ClF3N4O5S/c16-11-2-1-8(15(17,18)19)5-12(11)20-14(29)21-13(24)7-3-9(22(25)26)6-10(4-7)23(27)28/h1-6H,(H2,20,21,24,29). The Morgan fingerprint density at radius 3 is 2.07 bits per heavy atom. The van der Waals surface area contributed by atoms with Gasteiger partial charge in [-0.1, -0.05) is 11.6 Å². The molecule has 14 heteroatoms. The number of amides is 1. The quantitative estimate of drug-likeness (QED) is 0.405. The lowest BCUT2D eigenvalue weighted by Gasteiger charge is -2.13.